The summed E-state index contributed by atoms with van der Waals surface area (Å²) in [5.41, 5.74) is 2.21. The van der Waals surface area contributed by atoms with Crippen molar-refractivity contribution in [2.24, 2.45) is 4.99 Å². The number of aliphatic imine (C=N–C) groups is 1. The molecule has 29 heavy (non-hydrogen) atoms. The van der Waals surface area contributed by atoms with Gasteiger partial charge in [0.15, 0.2) is 23.4 Å². The SMILES string of the molecule is CN=C(NCC(=O)Nc1ccc(F)c(F)c1F)NC1CCc2ccccc2C1.I. The fourth-order valence-corrected chi connectivity index (χ4v) is 3.19. The van der Waals surface area contributed by atoms with Gasteiger partial charge in [-0.15, -0.1) is 24.0 Å². The number of rotatable bonds is 4. The molecule has 1 amide bonds. The van der Waals surface area contributed by atoms with Gasteiger partial charge in [0.2, 0.25) is 5.91 Å². The number of amides is 1. The highest BCUT2D eigenvalue weighted by atomic mass is 127. The van der Waals surface area contributed by atoms with E-state index in [-0.39, 0.29) is 36.6 Å². The van der Waals surface area contributed by atoms with Crippen molar-refractivity contribution in [3.8, 4) is 0 Å². The fraction of sp³-hybridized carbons (Fsp3) is 0.300. The lowest BCUT2D eigenvalue weighted by Crippen LogP contribution is -2.47. The third-order valence-electron chi connectivity index (χ3n) is 4.64. The van der Waals surface area contributed by atoms with Crippen molar-refractivity contribution >= 4 is 41.5 Å². The lowest BCUT2D eigenvalue weighted by molar-refractivity contribution is -0.115. The molecule has 0 bridgehead atoms. The Morgan fingerprint density at radius 2 is 1.83 bits per heavy atom. The summed E-state index contributed by atoms with van der Waals surface area (Å²) >= 11 is 0. The van der Waals surface area contributed by atoms with Crippen molar-refractivity contribution in [3.05, 3.63) is 65.0 Å². The molecule has 3 N–H and O–H groups in total. The van der Waals surface area contributed by atoms with E-state index in [0.29, 0.717) is 5.96 Å². The number of anilines is 1. The Bertz CT molecular complexity index is 907. The van der Waals surface area contributed by atoms with Crippen molar-refractivity contribution < 1.29 is 18.0 Å². The molecule has 2 aromatic rings. The summed E-state index contributed by atoms with van der Waals surface area (Å²) in [5, 5.41) is 8.32. The molecule has 9 heteroatoms. The highest BCUT2D eigenvalue weighted by Gasteiger charge is 2.19. The second-order valence-electron chi connectivity index (χ2n) is 6.55. The van der Waals surface area contributed by atoms with E-state index in [1.54, 1.807) is 7.05 Å². The van der Waals surface area contributed by atoms with Crippen LogP contribution >= 0.6 is 24.0 Å². The predicted molar refractivity (Wildman–Crippen MR) is 117 cm³/mol. The van der Waals surface area contributed by atoms with Gasteiger partial charge in [-0.25, -0.2) is 13.2 Å². The number of aryl methyl sites for hydroxylation is 1. The first-order valence-electron chi connectivity index (χ1n) is 8.95. The average molecular weight is 518 g/mol. The van der Waals surface area contributed by atoms with Crippen LogP contribution in [0.15, 0.2) is 41.4 Å². The summed E-state index contributed by atoms with van der Waals surface area (Å²) in [6.45, 7) is -0.207. The standard InChI is InChI=1S/C20H21F3N4O.HI/c1-24-20(26-14-7-6-12-4-2-3-5-13(12)10-14)25-11-17(28)27-16-9-8-15(21)18(22)19(16)23;/h2-5,8-9,14H,6-7,10-11H2,1H3,(H,27,28)(H2,24,25,26);1H. The lowest BCUT2D eigenvalue weighted by atomic mass is 9.88. The number of benzene rings is 2. The number of fused-ring (bicyclic) bond motifs is 1. The number of hydrogen-bond donors (Lipinski definition) is 3. The largest absolute Gasteiger partial charge is 0.353 e. The maximum Gasteiger partial charge on any atom is 0.243 e. The molecule has 0 spiro atoms. The zero-order chi connectivity index (χ0) is 20.1. The molecule has 5 nitrogen and oxygen atoms in total. The summed E-state index contributed by atoms with van der Waals surface area (Å²) in [4.78, 5) is 16.1. The van der Waals surface area contributed by atoms with Gasteiger partial charge in [0.1, 0.15) is 0 Å². The molecule has 0 saturated carbocycles. The van der Waals surface area contributed by atoms with Crippen LogP contribution < -0.4 is 16.0 Å². The molecule has 0 radical (unpaired) electrons. The van der Waals surface area contributed by atoms with Crippen LogP contribution in [0, 0.1) is 17.5 Å². The highest BCUT2D eigenvalue weighted by molar-refractivity contribution is 14.0. The van der Waals surface area contributed by atoms with E-state index in [9.17, 15) is 18.0 Å². The van der Waals surface area contributed by atoms with Crippen molar-refractivity contribution in [1.82, 2.24) is 10.6 Å². The highest BCUT2D eigenvalue weighted by Crippen LogP contribution is 2.21. The van der Waals surface area contributed by atoms with Gasteiger partial charge in [-0.3, -0.25) is 9.79 Å². The first-order chi connectivity index (χ1) is 13.5. The van der Waals surface area contributed by atoms with Crippen LogP contribution in [0.1, 0.15) is 17.5 Å². The molecule has 1 aliphatic rings. The molecule has 0 aromatic heterocycles. The van der Waals surface area contributed by atoms with Crippen molar-refractivity contribution in [2.75, 3.05) is 18.9 Å². The Kier molecular flexibility index (Phi) is 8.30. The number of carbonyl (C=O) groups excluding carboxylic acids is 1. The van der Waals surface area contributed by atoms with Gasteiger partial charge < -0.3 is 16.0 Å². The predicted octanol–water partition coefficient (Wildman–Crippen LogP) is 3.38. The first kappa shape index (κ1) is 23.0. The van der Waals surface area contributed by atoms with Crippen molar-refractivity contribution in [3.63, 3.8) is 0 Å². The smallest absolute Gasteiger partial charge is 0.243 e. The molecule has 0 fully saturated rings. The zero-order valence-corrected chi connectivity index (χ0v) is 18.1. The molecular formula is C20H22F3IN4O. The van der Waals surface area contributed by atoms with E-state index in [1.807, 2.05) is 12.1 Å². The van der Waals surface area contributed by atoms with Crippen LogP contribution in [0.2, 0.25) is 0 Å². The van der Waals surface area contributed by atoms with Gasteiger partial charge in [0.25, 0.3) is 0 Å². The monoisotopic (exact) mass is 518 g/mol. The van der Waals surface area contributed by atoms with Gasteiger partial charge in [0, 0.05) is 13.1 Å². The number of nitrogens with one attached hydrogen (secondary N) is 3. The molecule has 2 aromatic carbocycles. The second kappa shape index (κ2) is 10.5. The minimum absolute atomic E-state index is 0. The summed E-state index contributed by atoms with van der Waals surface area (Å²) in [5.74, 6) is -4.54. The van der Waals surface area contributed by atoms with E-state index < -0.39 is 29.0 Å². The number of hydrogen-bond acceptors (Lipinski definition) is 2. The number of guanidine groups is 1. The van der Waals surface area contributed by atoms with Crippen LogP contribution in [0.5, 0.6) is 0 Å². The van der Waals surface area contributed by atoms with Crippen molar-refractivity contribution in [2.45, 2.75) is 25.3 Å². The Morgan fingerprint density at radius 1 is 1.10 bits per heavy atom. The lowest BCUT2D eigenvalue weighted by Gasteiger charge is -2.27. The zero-order valence-electron chi connectivity index (χ0n) is 15.8. The van der Waals surface area contributed by atoms with Crippen LogP contribution in [0.3, 0.4) is 0 Å². The molecule has 1 unspecified atom stereocenters. The third-order valence-corrected chi connectivity index (χ3v) is 4.64. The normalized spacial score (nSPS) is 15.7. The second-order valence-corrected chi connectivity index (χ2v) is 6.55. The van der Waals surface area contributed by atoms with Gasteiger partial charge in [-0.2, -0.15) is 0 Å². The fourth-order valence-electron chi connectivity index (χ4n) is 3.19. The number of halogens is 4. The quantitative estimate of drug-likeness (QED) is 0.252. The van der Waals surface area contributed by atoms with Crippen LogP contribution in [-0.4, -0.2) is 31.5 Å². The van der Waals surface area contributed by atoms with E-state index in [4.69, 9.17) is 0 Å². The van der Waals surface area contributed by atoms with Crippen LogP contribution in [0.25, 0.3) is 0 Å². The van der Waals surface area contributed by atoms with Crippen LogP contribution in [-0.2, 0) is 17.6 Å². The Morgan fingerprint density at radius 3 is 2.55 bits per heavy atom. The Hall–Kier alpha value is -2.30. The molecule has 1 aliphatic carbocycles. The van der Waals surface area contributed by atoms with Gasteiger partial charge in [0.05, 0.1) is 12.2 Å². The summed E-state index contributed by atoms with van der Waals surface area (Å²) in [7, 11) is 1.58. The van der Waals surface area contributed by atoms with Crippen LogP contribution in [0.4, 0.5) is 18.9 Å². The molecule has 3 rings (SSSR count). The maximum absolute atomic E-state index is 13.6. The van der Waals surface area contributed by atoms with Gasteiger partial charge in [-0.05, 0) is 42.5 Å². The minimum Gasteiger partial charge on any atom is -0.353 e. The summed E-state index contributed by atoms with van der Waals surface area (Å²) < 4.78 is 39.8. The molecular weight excluding hydrogens is 496 g/mol. The van der Waals surface area contributed by atoms with Gasteiger partial charge in [-0.1, -0.05) is 24.3 Å². The molecule has 0 aliphatic heterocycles. The Labute approximate surface area is 184 Å². The van der Waals surface area contributed by atoms with E-state index in [2.05, 4.69) is 33.1 Å². The summed E-state index contributed by atoms with van der Waals surface area (Å²) in [6, 6.07) is 10.2. The first-order valence-corrected chi connectivity index (χ1v) is 8.95. The Balaban J connectivity index is 0.00000300. The number of carbonyl (C=O) groups is 1. The third kappa shape index (κ3) is 5.84. The molecule has 1 atom stereocenters. The maximum atomic E-state index is 13.6. The van der Waals surface area contributed by atoms with Crippen molar-refractivity contribution in [1.29, 1.82) is 0 Å². The van der Waals surface area contributed by atoms with E-state index in [0.717, 1.165) is 31.4 Å². The molecule has 156 valence electrons. The van der Waals surface area contributed by atoms with E-state index in [1.165, 1.54) is 11.1 Å². The summed E-state index contributed by atoms with van der Waals surface area (Å²) in [6.07, 6.45) is 2.74. The molecule has 0 heterocycles. The molecule has 0 saturated heterocycles. The van der Waals surface area contributed by atoms with Gasteiger partial charge >= 0.3 is 0 Å². The number of nitrogens with zero attached hydrogens (tertiary/aromatic N) is 1. The topological polar surface area (TPSA) is 65.5 Å². The average Bonchev–Trinajstić information content (AvgIpc) is 2.71. The minimum atomic E-state index is -1.62. The van der Waals surface area contributed by atoms with E-state index >= 15 is 0 Å².